The Kier molecular flexibility index (Phi) is 6.19. The Hall–Kier alpha value is -4.56. The molecule has 0 saturated carbocycles. The predicted molar refractivity (Wildman–Crippen MR) is 138 cm³/mol. The van der Waals surface area contributed by atoms with E-state index in [2.05, 4.69) is 45.1 Å². The summed E-state index contributed by atoms with van der Waals surface area (Å²) < 4.78 is -0.159. The largest absolute Gasteiger partial charge is 0.360 e. The number of hydrogen-bond donors (Lipinski definition) is 3. The molecule has 2 amide bonds. The first-order valence-electron chi connectivity index (χ1n) is 11.4. The molecule has 0 radical (unpaired) electrons. The van der Waals surface area contributed by atoms with Crippen LogP contribution in [0.3, 0.4) is 0 Å². The molecule has 4 aromatic rings. The molecule has 3 aromatic carbocycles. The molecule has 174 valence electrons. The van der Waals surface area contributed by atoms with Crippen molar-refractivity contribution in [3.8, 4) is 0 Å². The number of carbonyl (C=O) groups is 1. The van der Waals surface area contributed by atoms with E-state index in [-0.39, 0.29) is 16.7 Å². The summed E-state index contributed by atoms with van der Waals surface area (Å²) in [6.07, 6.45) is 3.36. The van der Waals surface area contributed by atoms with E-state index in [1.807, 2.05) is 72.8 Å². The Labute approximate surface area is 204 Å². The van der Waals surface area contributed by atoms with E-state index in [1.165, 1.54) is 0 Å². The summed E-state index contributed by atoms with van der Waals surface area (Å²) in [6, 6.07) is 29.0. The van der Waals surface area contributed by atoms with Crippen molar-refractivity contribution >= 4 is 35.5 Å². The van der Waals surface area contributed by atoms with Crippen LogP contribution in [-0.4, -0.2) is 22.3 Å². The van der Waals surface area contributed by atoms with E-state index < -0.39 is 0 Å². The van der Waals surface area contributed by atoms with Crippen molar-refractivity contribution in [1.29, 1.82) is 0 Å². The Morgan fingerprint density at radius 2 is 1.63 bits per heavy atom. The van der Waals surface area contributed by atoms with Crippen LogP contribution in [0.1, 0.15) is 24.1 Å². The molecular formula is C27H26N7O+. The molecule has 0 bridgehead atoms. The third-order valence-corrected chi connectivity index (χ3v) is 5.85. The maximum atomic E-state index is 13.0. The van der Waals surface area contributed by atoms with Gasteiger partial charge in [0.25, 0.3) is 5.82 Å². The molecule has 8 nitrogen and oxygen atoms in total. The second-order valence-corrected chi connectivity index (χ2v) is 8.25. The van der Waals surface area contributed by atoms with Crippen molar-refractivity contribution in [2.75, 3.05) is 5.32 Å². The van der Waals surface area contributed by atoms with E-state index in [0.29, 0.717) is 18.3 Å². The number of benzene rings is 3. The third-order valence-electron chi connectivity index (χ3n) is 5.85. The number of amides is 2. The highest BCUT2D eigenvalue weighted by Gasteiger charge is 2.43. The number of fused-ring (bicyclic) bond motifs is 1. The van der Waals surface area contributed by atoms with Crippen LogP contribution in [0, 0.1) is 0 Å². The quantitative estimate of drug-likeness (QED) is 0.320. The monoisotopic (exact) mass is 464 g/mol. The van der Waals surface area contributed by atoms with Crippen LogP contribution in [0.25, 0.3) is 0 Å². The Bertz CT molecular complexity index is 1340. The lowest BCUT2D eigenvalue weighted by Crippen LogP contribution is -2.59. The molecule has 2 atom stereocenters. The normalized spacial score (nSPS) is 16.8. The molecule has 35 heavy (non-hydrogen) atoms. The zero-order valence-corrected chi connectivity index (χ0v) is 19.3. The van der Waals surface area contributed by atoms with Gasteiger partial charge in [0.2, 0.25) is 12.3 Å². The van der Waals surface area contributed by atoms with Crippen molar-refractivity contribution < 1.29 is 4.79 Å². The second-order valence-electron chi connectivity index (χ2n) is 8.25. The lowest BCUT2D eigenvalue weighted by Gasteiger charge is -2.28. The lowest BCUT2D eigenvalue weighted by atomic mass is 10.1. The summed E-state index contributed by atoms with van der Waals surface area (Å²) in [6.45, 7) is 2.45. The van der Waals surface area contributed by atoms with Gasteiger partial charge in [0.1, 0.15) is 5.69 Å². The zero-order valence-electron chi connectivity index (χ0n) is 19.3. The van der Waals surface area contributed by atoms with Crippen LogP contribution in [0.4, 0.5) is 27.9 Å². The van der Waals surface area contributed by atoms with Gasteiger partial charge in [0, 0.05) is 24.9 Å². The van der Waals surface area contributed by atoms with E-state index in [4.69, 9.17) is 4.98 Å². The van der Waals surface area contributed by atoms with Crippen LogP contribution < -0.4 is 20.7 Å². The molecule has 2 heterocycles. The van der Waals surface area contributed by atoms with E-state index in [0.717, 1.165) is 22.5 Å². The number of urea groups is 1. The third kappa shape index (κ3) is 4.73. The number of para-hydroxylation sites is 2. The van der Waals surface area contributed by atoms with Gasteiger partial charge in [-0.15, -0.1) is 0 Å². The summed E-state index contributed by atoms with van der Waals surface area (Å²) in [4.78, 5) is 26.8. The van der Waals surface area contributed by atoms with E-state index in [1.54, 1.807) is 18.6 Å². The van der Waals surface area contributed by atoms with Crippen molar-refractivity contribution in [2.45, 2.75) is 19.5 Å². The fourth-order valence-corrected chi connectivity index (χ4v) is 4.02. The van der Waals surface area contributed by atoms with Gasteiger partial charge in [0.15, 0.2) is 5.69 Å². The number of anilines is 1. The maximum absolute atomic E-state index is 13.0. The first-order chi connectivity index (χ1) is 17.1. The van der Waals surface area contributed by atoms with E-state index >= 15 is 0 Å². The van der Waals surface area contributed by atoms with Gasteiger partial charge in [0.05, 0.1) is 6.04 Å². The molecule has 8 heteroatoms. The average Bonchev–Trinajstić information content (AvgIpc) is 3.28. The highest BCUT2D eigenvalue weighted by atomic mass is 16.2. The SMILES string of the molecule is CC(Nc1nccc([N+]2(NC(=O)NCc3ccccc3)C=Nc3ccccc32)n1)c1ccccc1. The van der Waals surface area contributed by atoms with Crippen LogP contribution in [0.2, 0.25) is 0 Å². The van der Waals surface area contributed by atoms with E-state index in [9.17, 15) is 4.79 Å². The maximum Gasteiger partial charge on any atom is 0.360 e. The first kappa shape index (κ1) is 22.2. The zero-order chi connectivity index (χ0) is 24.1. The number of nitrogens with one attached hydrogen (secondary N) is 3. The standard InChI is InChI=1S/C27H25N7O/c1-20(22-12-6-3-7-13-22)31-26-28-17-16-25(32-26)34(19-30-23-14-8-9-15-24(23)34)33-27(35)29-18-21-10-4-2-5-11-21/h2-17,19-20H,18H2,1H3,(H2-,28,29,31,32,33,35)/p+1. The summed E-state index contributed by atoms with van der Waals surface area (Å²) in [5.41, 5.74) is 6.76. The minimum Gasteiger partial charge on any atom is -0.348 e. The molecule has 0 spiro atoms. The highest BCUT2D eigenvalue weighted by Crippen LogP contribution is 2.41. The van der Waals surface area contributed by atoms with Crippen molar-refractivity contribution in [3.63, 3.8) is 0 Å². The minimum absolute atomic E-state index is 0.00145. The van der Waals surface area contributed by atoms with Crippen molar-refractivity contribution in [1.82, 2.24) is 25.3 Å². The van der Waals surface area contributed by atoms with Gasteiger partial charge >= 0.3 is 6.03 Å². The van der Waals surface area contributed by atoms with Crippen LogP contribution in [0.5, 0.6) is 0 Å². The number of rotatable bonds is 7. The second kappa shape index (κ2) is 9.74. The molecule has 1 aliphatic heterocycles. The van der Waals surface area contributed by atoms with Gasteiger partial charge in [-0.25, -0.2) is 9.78 Å². The molecule has 0 fully saturated rings. The number of hydrogen-bond acceptors (Lipinski definition) is 5. The molecule has 0 saturated heterocycles. The Morgan fingerprint density at radius 3 is 2.43 bits per heavy atom. The number of aliphatic imine (C=N–C) groups is 1. The molecule has 3 N–H and O–H groups in total. The molecule has 2 unspecified atom stereocenters. The molecule has 0 aliphatic carbocycles. The smallest absolute Gasteiger partial charge is 0.348 e. The van der Waals surface area contributed by atoms with Gasteiger partial charge in [-0.05, 0) is 24.1 Å². The Balaban J connectivity index is 1.43. The van der Waals surface area contributed by atoms with Crippen molar-refractivity contribution in [3.05, 3.63) is 108 Å². The lowest BCUT2D eigenvalue weighted by molar-refractivity contribution is 0.228. The number of carbonyl (C=O) groups excluding carboxylic acids is 1. The summed E-state index contributed by atoms with van der Waals surface area (Å²) in [7, 11) is 0. The number of nitrogens with zero attached hydrogens (tertiary/aromatic N) is 4. The molecular weight excluding hydrogens is 438 g/mol. The van der Waals surface area contributed by atoms with Gasteiger partial charge in [-0.3, -0.25) is 0 Å². The van der Waals surface area contributed by atoms with Crippen LogP contribution in [0.15, 0.2) is 102 Å². The molecule has 1 aliphatic rings. The topological polar surface area (TPSA) is 91.3 Å². The number of quaternary nitrogens is 1. The molecule has 1 aromatic heterocycles. The first-order valence-corrected chi connectivity index (χ1v) is 11.4. The Morgan fingerprint density at radius 1 is 0.914 bits per heavy atom. The van der Waals surface area contributed by atoms with Gasteiger partial charge in [-0.1, -0.05) is 77.4 Å². The van der Waals surface area contributed by atoms with Gasteiger partial charge < -0.3 is 10.6 Å². The minimum atomic E-state index is -0.345. The highest BCUT2D eigenvalue weighted by molar-refractivity contribution is 5.96. The summed E-state index contributed by atoms with van der Waals surface area (Å²) >= 11 is 0. The molecule has 5 rings (SSSR count). The fraction of sp³-hybridized carbons (Fsp3) is 0.111. The average molecular weight is 465 g/mol. The van der Waals surface area contributed by atoms with Gasteiger partial charge in [-0.2, -0.15) is 15.4 Å². The summed E-state index contributed by atoms with van der Waals surface area (Å²) in [5, 5.41) is 6.29. The fourth-order valence-electron chi connectivity index (χ4n) is 4.02. The number of aromatic nitrogens is 2. The van der Waals surface area contributed by atoms with Crippen LogP contribution >= 0.6 is 0 Å². The van der Waals surface area contributed by atoms with Crippen molar-refractivity contribution in [2.24, 2.45) is 4.99 Å². The summed E-state index contributed by atoms with van der Waals surface area (Å²) in [5.74, 6) is 1.02. The predicted octanol–water partition coefficient (Wildman–Crippen LogP) is 5.38. The van der Waals surface area contributed by atoms with Crippen LogP contribution in [-0.2, 0) is 6.54 Å².